The summed E-state index contributed by atoms with van der Waals surface area (Å²) in [6.07, 6.45) is 9.68. The van der Waals surface area contributed by atoms with Gasteiger partial charge in [0, 0.05) is 17.6 Å². The number of fused-ring (bicyclic) bond motifs is 2. The Kier molecular flexibility index (Phi) is 5.47. The molecule has 1 aliphatic carbocycles. The lowest BCUT2D eigenvalue weighted by atomic mass is 9.78. The van der Waals surface area contributed by atoms with Gasteiger partial charge in [-0.3, -0.25) is 9.88 Å². The molecule has 1 aromatic heterocycles. The maximum atomic E-state index is 12.8. The lowest BCUT2D eigenvalue weighted by molar-refractivity contribution is 0.0185. The zero-order valence-corrected chi connectivity index (χ0v) is 19.7. The third kappa shape index (κ3) is 4.16. The quantitative estimate of drug-likeness (QED) is 0.491. The van der Waals surface area contributed by atoms with E-state index in [1.165, 1.54) is 0 Å². The van der Waals surface area contributed by atoms with Crippen molar-refractivity contribution >= 4 is 28.8 Å². The Hall–Kier alpha value is -3.74. The number of hydrogen-bond donors (Lipinski definition) is 0. The number of allylic oxidation sites excluding steroid dienone is 1. The molecular formula is C28H28N2O5. The highest BCUT2D eigenvalue weighted by molar-refractivity contribution is 5.91. The minimum Gasteiger partial charge on any atom is -0.497 e. The van der Waals surface area contributed by atoms with E-state index in [9.17, 15) is 4.79 Å². The topological polar surface area (TPSA) is 70.1 Å². The number of rotatable bonds is 4. The van der Waals surface area contributed by atoms with E-state index in [2.05, 4.69) is 17.1 Å². The van der Waals surface area contributed by atoms with Crippen LogP contribution in [0.2, 0.25) is 0 Å². The second kappa shape index (κ2) is 8.80. The first-order valence-corrected chi connectivity index (χ1v) is 12.1. The van der Waals surface area contributed by atoms with Gasteiger partial charge in [0.15, 0.2) is 11.5 Å². The Labute approximate surface area is 204 Å². The minimum atomic E-state index is -0.425. The fraction of sp³-hybridized carbons (Fsp3) is 0.357. The van der Waals surface area contributed by atoms with E-state index in [0.29, 0.717) is 31.4 Å². The van der Waals surface area contributed by atoms with Crippen LogP contribution in [0, 0.1) is 5.92 Å². The second-order valence-corrected chi connectivity index (χ2v) is 9.44. The van der Waals surface area contributed by atoms with Gasteiger partial charge in [0.1, 0.15) is 24.6 Å². The highest BCUT2D eigenvalue weighted by Gasteiger charge is 2.47. The van der Waals surface area contributed by atoms with Crippen molar-refractivity contribution < 1.29 is 23.7 Å². The summed E-state index contributed by atoms with van der Waals surface area (Å²) in [6.45, 7) is 1.63. The SMILES string of the molecule is COc1ccc2nccc(/C=C/[C@H]3CC[C@@]4(CC3)CN(c3ccc5c(c3)OCCO5)C(=O)O4)c2c1. The maximum Gasteiger partial charge on any atom is 0.415 e. The average molecular weight is 473 g/mol. The monoisotopic (exact) mass is 472 g/mol. The fourth-order valence-corrected chi connectivity index (χ4v) is 5.30. The number of hydrogen-bond acceptors (Lipinski definition) is 6. The molecule has 2 aliphatic heterocycles. The molecule has 1 amide bonds. The van der Waals surface area contributed by atoms with E-state index in [4.69, 9.17) is 18.9 Å². The molecule has 1 saturated heterocycles. The number of aromatic nitrogens is 1. The molecule has 2 fully saturated rings. The first-order chi connectivity index (χ1) is 17.1. The van der Waals surface area contributed by atoms with Crippen molar-refractivity contribution in [2.24, 2.45) is 5.92 Å². The summed E-state index contributed by atoms with van der Waals surface area (Å²) in [5.41, 5.74) is 2.45. The van der Waals surface area contributed by atoms with Crippen LogP contribution in [-0.2, 0) is 4.74 Å². The predicted molar refractivity (Wildman–Crippen MR) is 133 cm³/mol. The van der Waals surface area contributed by atoms with E-state index >= 15 is 0 Å². The summed E-state index contributed by atoms with van der Waals surface area (Å²) in [6, 6.07) is 13.6. The standard InChI is InChI=1S/C28H28N2O5/c1-32-22-5-6-24-23(17-22)20(10-13-29-24)3-2-19-8-11-28(12-9-19)18-30(27(31)35-28)21-4-7-25-26(16-21)34-15-14-33-25/h2-7,10,13,16-17,19H,8-9,11-12,14-15,18H2,1H3/b3-2+/t19-,28+. The molecule has 3 aliphatic rings. The Morgan fingerprint density at radius 1 is 1.06 bits per heavy atom. The number of anilines is 1. The number of methoxy groups -OCH3 is 1. The highest BCUT2D eigenvalue weighted by atomic mass is 16.6. The fourth-order valence-electron chi connectivity index (χ4n) is 5.30. The first kappa shape index (κ1) is 21.8. The summed E-state index contributed by atoms with van der Waals surface area (Å²) in [7, 11) is 1.68. The molecule has 7 nitrogen and oxygen atoms in total. The Morgan fingerprint density at radius 3 is 2.71 bits per heavy atom. The van der Waals surface area contributed by atoms with Crippen LogP contribution in [-0.4, -0.2) is 43.5 Å². The molecule has 0 unspecified atom stereocenters. The molecule has 1 saturated carbocycles. The lowest BCUT2D eigenvalue weighted by Crippen LogP contribution is -2.38. The average Bonchev–Trinajstić information content (AvgIpc) is 3.23. The van der Waals surface area contributed by atoms with Crippen molar-refractivity contribution in [3.8, 4) is 17.2 Å². The summed E-state index contributed by atoms with van der Waals surface area (Å²) < 4.78 is 22.6. The van der Waals surface area contributed by atoms with Gasteiger partial charge in [-0.05, 0) is 73.6 Å². The van der Waals surface area contributed by atoms with E-state index in [-0.39, 0.29) is 6.09 Å². The first-order valence-electron chi connectivity index (χ1n) is 12.1. The van der Waals surface area contributed by atoms with Crippen LogP contribution in [0.1, 0.15) is 31.2 Å². The van der Waals surface area contributed by atoms with Crippen molar-refractivity contribution in [1.29, 1.82) is 0 Å². The smallest absolute Gasteiger partial charge is 0.415 e. The largest absolute Gasteiger partial charge is 0.497 e. The van der Waals surface area contributed by atoms with Crippen LogP contribution in [0.25, 0.3) is 17.0 Å². The van der Waals surface area contributed by atoms with Gasteiger partial charge in [0.25, 0.3) is 0 Å². The van der Waals surface area contributed by atoms with Gasteiger partial charge < -0.3 is 18.9 Å². The Morgan fingerprint density at radius 2 is 1.89 bits per heavy atom. The highest BCUT2D eigenvalue weighted by Crippen LogP contribution is 2.43. The van der Waals surface area contributed by atoms with E-state index in [1.54, 1.807) is 12.0 Å². The normalized spacial score (nSPS) is 23.7. The predicted octanol–water partition coefficient (Wildman–Crippen LogP) is 5.61. The zero-order valence-electron chi connectivity index (χ0n) is 19.7. The van der Waals surface area contributed by atoms with Gasteiger partial charge >= 0.3 is 6.09 Å². The maximum absolute atomic E-state index is 12.8. The molecule has 0 N–H and O–H groups in total. The van der Waals surface area contributed by atoms with Gasteiger partial charge in [-0.1, -0.05) is 12.2 Å². The number of pyridine rings is 1. The summed E-state index contributed by atoms with van der Waals surface area (Å²) in [5, 5.41) is 1.08. The Bertz CT molecular complexity index is 1300. The number of nitrogens with zero attached hydrogens (tertiary/aromatic N) is 2. The molecule has 1 spiro atoms. The second-order valence-electron chi connectivity index (χ2n) is 9.44. The summed E-state index contributed by atoms with van der Waals surface area (Å²) >= 11 is 0. The third-order valence-electron chi connectivity index (χ3n) is 7.28. The number of carbonyl (C=O) groups excluding carboxylic acids is 1. The van der Waals surface area contributed by atoms with Gasteiger partial charge in [0.05, 0.1) is 24.9 Å². The van der Waals surface area contributed by atoms with Crippen molar-refractivity contribution in [3.05, 3.63) is 60.3 Å². The molecule has 0 atom stereocenters. The molecule has 0 radical (unpaired) electrons. The van der Waals surface area contributed by atoms with Crippen LogP contribution in [0.3, 0.4) is 0 Å². The van der Waals surface area contributed by atoms with E-state index < -0.39 is 5.60 Å². The molecule has 7 heteroatoms. The Balaban J connectivity index is 1.13. The van der Waals surface area contributed by atoms with Gasteiger partial charge in [0.2, 0.25) is 0 Å². The van der Waals surface area contributed by atoms with Crippen LogP contribution < -0.4 is 19.1 Å². The summed E-state index contributed by atoms with van der Waals surface area (Å²) in [4.78, 5) is 19.0. The van der Waals surface area contributed by atoms with Crippen LogP contribution >= 0.6 is 0 Å². The van der Waals surface area contributed by atoms with Crippen LogP contribution in [0.15, 0.2) is 54.7 Å². The minimum absolute atomic E-state index is 0.284. The molecule has 2 aromatic carbocycles. The van der Waals surface area contributed by atoms with Crippen LogP contribution in [0.4, 0.5) is 10.5 Å². The van der Waals surface area contributed by atoms with E-state index in [1.807, 2.05) is 48.7 Å². The van der Waals surface area contributed by atoms with Crippen LogP contribution in [0.5, 0.6) is 17.2 Å². The molecule has 180 valence electrons. The molecule has 3 heterocycles. The molecule has 6 rings (SSSR count). The van der Waals surface area contributed by atoms with Gasteiger partial charge in [-0.15, -0.1) is 0 Å². The number of carbonyl (C=O) groups is 1. The number of benzene rings is 2. The third-order valence-corrected chi connectivity index (χ3v) is 7.28. The molecular weight excluding hydrogens is 444 g/mol. The lowest BCUT2D eigenvalue weighted by Gasteiger charge is -2.34. The van der Waals surface area contributed by atoms with Gasteiger partial charge in [-0.25, -0.2) is 4.79 Å². The molecule has 3 aromatic rings. The number of ether oxygens (including phenoxy) is 4. The molecule has 0 bridgehead atoms. The summed E-state index contributed by atoms with van der Waals surface area (Å²) in [5.74, 6) is 2.66. The van der Waals surface area contributed by atoms with Crippen molar-refractivity contribution in [1.82, 2.24) is 4.98 Å². The van der Waals surface area contributed by atoms with Crippen molar-refractivity contribution in [3.63, 3.8) is 0 Å². The van der Waals surface area contributed by atoms with Crippen molar-refractivity contribution in [2.45, 2.75) is 31.3 Å². The zero-order chi connectivity index (χ0) is 23.8. The van der Waals surface area contributed by atoms with Gasteiger partial charge in [-0.2, -0.15) is 0 Å². The molecule has 35 heavy (non-hydrogen) atoms. The van der Waals surface area contributed by atoms with Crippen molar-refractivity contribution in [2.75, 3.05) is 31.8 Å². The van der Waals surface area contributed by atoms with E-state index in [0.717, 1.165) is 59.3 Å². The number of amides is 1.